The standard InChI is InChI=1S/C19H28N2O3.ClH/c1-3-23-17-9-15-8-13(2)24-18(15)10-16(17)12-21-19(22)5-4-14-6-7-20-11-14;/h9-10,13-14,20H,3-8,11-12H2,1-2H3,(H,21,22);1H. The van der Waals surface area contributed by atoms with Crippen molar-refractivity contribution in [2.24, 2.45) is 5.92 Å². The highest BCUT2D eigenvalue weighted by Gasteiger charge is 2.22. The molecule has 1 aromatic rings. The van der Waals surface area contributed by atoms with Crippen molar-refractivity contribution in [3.05, 3.63) is 23.3 Å². The Bertz CT molecular complexity index is 588. The minimum absolute atomic E-state index is 0. The summed E-state index contributed by atoms with van der Waals surface area (Å²) in [6.45, 7) is 7.27. The summed E-state index contributed by atoms with van der Waals surface area (Å²) in [5.74, 6) is 2.53. The van der Waals surface area contributed by atoms with Gasteiger partial charge in [-0.1, -0.05) is 0 Å². The van der Waals surface area contributed by atoms with Crippen LogP contribution in [-0.2, 0) is 17.8 Å². The Kier molecular flexibility index (Phi) is 7.38. The van der Waals surface area contributed by atoms with Crippen LogP contribution in [0, 0.1) is 5.92 Å². The number of carbonyl (C=O) groups excluding carboxylic acids is 1. The zero-order valence-corrected chi connectivity index (χ0v) is 15.9. The maximum atomic E-state index is 12.1. The molecule has 6 heteroatoms. The van der Waals surface area contributed by atoms with E-state index in [1.165, 1.54) is 12.0 Å². The lowest BCUT2D eigenvalue weighted by atomic mass is 10.0. The van der Waals surface area contributed by atoms with Gasteiger partial charge in [-0.2, -0.15) is 0 Å². The van der Waals surface area contributed by atoms with Crippen LogP contribution in [-0.4, -0.2) is 31.7 Å². The first-order chi connectivity index (χ1) is 11.7. The second kappa shape index (κ2) is 9.30. The van der Waals surface area contributed by atoms with E-state index in [0.717, 1.165) is 43.0 Å². The summed E-state index contributed by atoms with van der Waals surface area (Å²) in [6, 6.07) is 4.08. The second-order valence-corrected chi connectivity index (χ2v) is 6.81. The smallest absolute Gasteiger partial charge is 0.220 e. The van der Waals surface area contributed by atoms with Gasteiger partial charge in [0.25, 0.3) is 0 Å². The average Bonchev–Trinajstić information content (AvgIpc) is 3.19. The molecule has 2 aliphatic heterocycles. The molecule has 0 saturated carbocycles. The van der Waals surface area contributed by atoms with E-state index >= 15 is 0 Å². The van der Waals surface area contributed by atoms with Crippen LogP contribution in [0.15, 0.2) is 12.1 Å². The maximum absolute atomic E-state index is 12.1. The Morgan fingerprint density at radius 3 is 3.00 bits per heavy atom. The van der Waals surface area contributed by atoms with Crippen LogP contribution >= 0.6 is 12.4 Å². The SMILES string of the molecule is CCOc1cc2c(cc1CNC(=O)CCC1CCNC1)OC(C)C2.Cl. The van der Waals surface area contributed by atoms with E-state index in [9.17, 15) is 4.79 Å². The minimum atomic E-state index is 0. The van der Waals surface area contributed by atoms with Crippen LogP contribution in [0.2, 0.25) is 0 Å². The number of halogens is 1. The first-order valence-electron chi connectivity index (χ1n) is 9.08. The van der Waals surface area contributed by atoms with Crippen LogP contribution in [0.4, 0.5) is 0 Å². The molecule has 1 amide bonds. The fourth-order valence-corrected chi connectivity index (χ4v) is 3.49. The Balaban J connectivity index is 0.00000225. The van der Waals surface area contributed by atoms with Gasteiger partial charge in [-0.15, -0.1) is 12.4 Å². The Morgan fingerprint density at radius 1 is 1.44 bits per heavy atom. The number of nitrogens with one attached hydrogen (secondary N) is 2. The summed E-state index contributed by atoms with van der Waals surface area (Å²) in [5.41, 5.74) is 2.18. The fourth-order valence-electron chi connectivity index (χ4n) is 3.49. The topological polar surface area (TPSA) is 59.6 Å². The van der Waals surface area contributed by atoms with Crippen molar-refractivity contribution in [2.75, 3.05) is 19.7 Å². The lowest BCUT2D eigenvalue weighted by Crippen LogP contribution is -2.24. The number of rotatable bonds is 7. The van der Waals surface area contributed by atoms with Crippen LogP contribution in [0.1, 0.15) is 44.2 Å². The molecule has 1 fully saturated rings. The Morgan fingerprint density at radius 2 is 2.28 bits per heavy atom. The summed E-state index contributed by atoms with van der Waals surface area (Å²) in [4.78, 5) is 12.1. The van der Waals surface area contributed by atoms with Gasteiger partial charge in [0.1, 0.15) is 17.6 Å². The Hall–Kier alpha value is -1.46. The van der Waals surface area contributed by atoms with Crippen molar-refractivity contribution < 1.29 is 14.3 Å². The molecule has 2 unspecified atom stereocenters. The molecule has 0 aromatic heterocycles. The molecule has 5 nitrogen and oxygen atoms in total. The molecular formula is C19H29ClN2O3. The fraction of sp³-hybridized carbons (Fsp3) is 0.632. The van der Waals surface area contributed by atoms with Crippen molar-refractivity contribution in [3.63, 3.8) is 0 Å². The van der Waals surface area contributed by atoms with E-state index in [-0.39, 0.29) is 24.4 Å². The molecule has 140 valence electrons. The van der Waals surface area contributed by atoms with E-state index in [1.54, 1.807) is 0 Å². The van der Waals surface area contributed by atoms with Crippen LogP contribution in [0.25, 0.3) is 0 Å². The highest BCUT2D eigenvalue weighted by atomic mass is 35.5. The normalized spacial score (nSPS) is 21.2. The molecule has 1 saturated heterocycles. The number of hydrogen-bond acceptors (Lipinski definition) is 4. The van der Waals surface area contributed by atoms with Crippen LogP contribution in [0.5, 0.6) is 11.5 Å². The molecule has 2 atom stereocenters. The summed E-state index contributed by atoms with van der Waals surface area (Å²) < 4.78 is 11.6. The van der Waals surface area contributed by atoms with Gasteiger partial charge in [0, 0.05) is 30.5 Å². The highest BCUT2D eigenvalue weighted by Crippen LogP contribution is 2.35. The Labute approximate surface area is 156 Å². The molecule has 2 N–H and O–H groups in total. The molecule has 1 aromatic carbocycles. The average molecular weight is 369 g/mol. The van der Waals surface area contributed by atoms with Gasteiger partial charge in [-0.3, -0.25) is 4.79 Å². The van der Waals surface area contributed by atoms with Gasteiger partial charge in [-0.25, -0.2) is 0 Å². The van der Waals surface area contributed by atoms with E-state index in [0.29, 0.717) is 25.5 Å². The predicted octanol–water partition coefficient (Wildman–Crippen LogP) is 2.84. The lowest BCUT2D eigenvalue weighted by Gasteiger charge is -2.14. The number of benzene rings is 1. The van der Waals surface area contributed by atoms with Crippen molar-refractivity contribution >= 4 is 18.3 Å². The third-order valence-electron chi connectivity index (χ3n) is 4.80. The van der Waals surface area contributed by atoms with Crippen molar-refractivity contribution in [3.8, 4) is 11.5 Å². The number of hydrogen-bond donors (Lipinski definition) is 2. The third-order valence-corrected chi connectivity index (χ3v) is 4.80. The molecular weight excluding hydrogens is 340 g/mol. The number of ether oxygens (including phenoxy) is 2. The zero-order chi connectivity index (χ0) is 16.9. The van der Waals surface area contributed by atoms with Gasteiger partial charge in [0.2, 0.25) is 5.91 Å². The van der Waals surface area contributed by atoms with Crippen LogP contribution in [0.3, 0.4) is 0 Å². The van der Waals surface area contributed by atoms with E-state index in [4.69, 9.17) is 9.47 Å². The van der Waals surface area contributed by atoms with Crippen molar-refractivity contribution in [1.29, 1.82) is 0 Å². The summed E-state index contributed by atoms with van der Waals surface area (Å²) in [7, 11) is 0. The van der Waals surface area contributed by atoms with Crippen LogP contribution < -0.4 is 20.1 Å². The van der Waals surface area contributed by atoms with Gasteiger partial charge >= 0.3 is 0 Å². The molecule has 0 spiro atoms. The molecule has 25 heavy (non-hydrogen) atoms. The molecule has 0 bridgehead atoms. The van der Waals surface area contributed by atoms with Crippen molar-refractivity contribution in [1.82, 2.24) is 10.6 Å². The summed E-state index contributed by atoms with van der Waals surface area (Å²) in [6.07, 6.45) is 3.86. The first kappa shape index (κ1) is 19.9. The van der Waals surface area contributed by atoms with Gasteiger partial charge in [0.05, 0.1) is 6.61 Å². The molecule has 3 rings (SSSR count). The lowest BCUT2D eigenvalue weighted by molar-refractivity contribution is -0.121. The molecule has 2 heterocycles. The summed E-state index contributed by atoms with van der Waals surface area (Å²) in [5, 5.41) is 6.37. The van der Waals surface area contributed by atoms with Gasteiger partial charge < -0.3 is 20.1 Å². The van der Waals surface area contributed by atoms with Gasteiger partial charge in [0.15, 0.2) is 0 Å². The largest absolute Gasteiger partial charge is 0.494 e. The quantitative estimate of drug-likeness (QED) is 0.777. The maximum Gasteiger partial charge on any atom is 0.220 e. The number of amides is 1. The van der Waals surface area contributed by atoms with Crippen molar-refractivity contribution in [2.45, 2.75) is 52.2 Å². The molecule has 2 aliphatic rings. The highest BCUT2D eigenvalue weighted by molar-refractivity contribution is 5.85. The molecule has 0 aliphatic carbocycles. The van der Waals surface area contributed by atoms with E-state index in [2.05, 4.69) is 23.6 Å². The monoisotopic (exact) mass is 368 g/mol. The van der Waals surface area contributed by atoms with E-state index in [1.807, 2.05) is 13.0 Å². The third kappa shape index (κ3) is 5.25. The number of carbonyl (C=O) groups is 1. The van der Waals surface area contributed by atoms with E-state index < -0.39 is 0 Å². The second-order valence-electron chi connectivity index (χ2n) is 6.81. The predicted molar refractivity (Wildman–Crippen MR) is 101 cm³/mol. The van der Waals surface area contributed by atoms with Gasteiger partial charge in [-0.05, 0) is 57.8 Å². The minimum Gasteiger partial charge on any atom is -0.494 e. The summed E-state index contributed by atoms with van der Waals surface area (Å²) >= 11 is 0. The zero-order valence-electron chi connectivity index (χ0n) is 15.1. The molecule has 0 radical (unpaired) electrons. The first-order valence-corrected chi connectivity index (χ1v) is 9.08. The number of fused-ring (bicyclic) bond motifs is 1.